The molecule has 0 unspecified atom stereocenters. The topological polar surface area (TPSA) is 68.0 Å². The van der Waals surface area contributed by atoms with E-state index >= 15 is 0 Å². The highest BCUT2D eigenvalue weighted by Gasteiger charge is 2.01. The van der Waals surface area contributed by atoms with Gasteiger partial charge < -0.3 is 5.11 Å². The second-order valence-corrected chi connectivity index (χ2v) is 6.05. The number of carboxylic acids is 1. The van der Waals surface area contributed by atoms with Crippen molar-refractivity contribution in [2.75, 3.05) is 0 Å². The molecule has 1 heterocycles. The Morgan fingerprint density at radius 1 is 1.05 bits per heavy atom. The number of aliphatic carboxylic acids is 1. The van der Waals surface area contributed by atoms with Crippen molar-refractivity contribution in [2.24, 2.45) is 0 Å². The molecule has 1 rings (SSSR count). The van der Waals surface area contributed by atoms with Crippen molar-refractivity contribution < 1.29 is 9.90 Å². The number of carboxylic acid groups (broad SMARTS) is 1. The average Bonchev–Trinajstić information content (AvgIpc) is 2.93. The smallest absolute Gasteiger partial charge is 0.303 e. The minimum Gasteiger partial charge on any atom is -0.481 e. The monoisotopic (exact) mass is 309 g/mol. The quantitative estimate of drug-likeness (QED) is 0.522. The Hall–Kier alpha value is -1.39. The predicted octanol–water partition coefficient (Wildman–Crippen LogP) is 4.22. The molecule has 22 heavy (non-hydrogen) atoms. The van der Waals surface area contributed by atoms with Gasteiger partial charge in [0.1, 0.15) is 0 Å². The lowest BCUT2D eigenvalue weighted by atomic mass is 10.1. The Morgan fingerprint density at radius 3 is 2.50 bits per heavy atom. The summed E-state index contributed by atoms with van der Waals surface area (Å²) in [6.07, 6.45) is 15.0. The van der Waals surface area contributed by atoms with Crippen LogP contribution in [0.1, 0.15) is 83.2 Å². The molecule has 1 aromatic heterocycles. The van der Waals surface area contributed by atoms with Crippen molar-refractivity contribution in [3.05, 3.63) is 11.9 Å². The summed E-state index contributed by atoms with van der Waals surface area (Å²) in [5.41, 5.74) is 1.11. The highest BCUT2D eigenvalue weighted by molar-refractivity contribution is 5.66. The lowest BCUT2D eigenvalue weighted by Gasteiger charge is -2.01. The van der Waals surface area contributed by atoms with Crippen LogP contribution in [0.15, 0.2) is 6.20 Å². The van der Waals surface area contributed by atoms with Gasteiger partial charge >= 0.3 is 5.97 Å². The first-order chi connectivity index (χ1) is 10.7. The van der Waals surface area contributed by atoms with Gasteiger partial charge in [-0.2, -0.15) is 0 Å². The van der Waals surface area contributed by atoms with E-state index in [2.05, 4.69) is 23.4 Å². The van der Waals surface area contributed by atoms with Crippen LogP contribution >= 0.6 is 0 Å². The van der Waals surface area contributed by atoms with Gasteiger partial charge in [0, 0.05) is 19.2 Å². The van der Waals surface area contributed by atoms with Crippen molar-refractivity contribution in [3.8, 4) is 0 Å². The van der Waals surface area contributed by atoms with Crippen LogP contribution < -0.4 is 0 Å². The van der Waals surface area contributed by atoms with Gasteiger partial charge in [0.25, 0.3) is 0 Å². The van der Waals surface area contributed by atoms with E-state index in [1.807, 2.05) is 4.68 Å². The molecule has 0 aliphatic rings. The van der Waals surface area contributed by atoms with Crippen LogP contribution in [-0.4, -0.2) is 26.1 Å². The second kappa shape index (κ2) is 12.2. The summed E-state index contributed by atoms with van der Waals surface area (Å²) in [6, 6.07) is 0. The molecule has 0 atom stereocenters. The fourth-order valence-electron chi connectivity index (χ4n) is 2.55. The lowest BCUT2D eigenvalue weighted by molar-refractivity contribution is -0.137. The third-order valence-electron chi connectivity index (χ3n) is 3.90. The number of aryl methyl sites for hydroxylation is 2. The van der Waals surface area contributed by atoms with Crippen LogP contribution in [0.5, 0.6) is 0 Å². The van der Waals surface area contributed by atoms with Crippen molar-refractivity contribution in [1.29, 1.82) is 0 Å². The Labute approximate surface area is 134 Å². The van der Waals surface area contributed by atoms with Gasteiger partial charge in [-0.05, 0) is 25.7 Å². The molecule has 0 amide bonds. The molecule has 0 bridgehead atoms. The molecule has 126 valence electrons. The largest absolute Gasteiger partial charge is 0.481 e. The fourth-order valence-corrected chi connectivity index (χ4v) is 2.55. The highest BCUT2D eigenvalue weighted by atomic mass is 16.4. The highest BCUT2D eigenvalue weighted by Crippen LogP contribution is 2.08. The zero-order valence-electron chi connectivity index (χ0n) is 14.0. The molecule has 5 nitrogen and oxygen atoms in total. The van der Waals surface area contributed by atoms with Crippen LogP contribution in [0.2, 0.25) is 0 Å². The molecule has 0 radical (unpaired) electrons. The van der Waals surface area contributed by atoms with Crippen LogP contribution in [-0.2, 0) is 17.8 Å². The molecule has 0 spiro atoms. The molecule has 5 heteroatoms. The minimum absolute atomic E-state index is 0.296. The van der Waals surface area contributed by atoms with Crippen molar-refractivity contribution in [1.82, 2.24) is 15.0 Å². The van der Waals surface area contributed by atoms with Crippen LogP contribution in [0.4, 0.5) is 0 Å². The van der Waals surface area contributed by atoms with Gasteiger partial charge in [0.15, 0.2) is 0 Å². The molecule has 0 aliphatic heterocycles. The first kappa shape index (κ1) is 18.7. The molecule has 0 aromatic carbocycles. The Balaban J connectivity index is 2.01. The molecule has 1 aromatic rings. The number of nitrogens with zero attached hydrogens (tertiary/aromatic N) is 3. The molecular weight excluding hydrogens is 278 g/mol. The molecule has 0 aliphatic carbocycles. The molecular formula is C17H31N3O2. The average molecular weight is 309 g/mol. The number of unbranched alkanes of at least 4 members (excludes halogenated alkanes) is 8. The fraction of sp³-hybridized carbons (Fsp3) is 0.824. The van der Waals surface area contributed by atoms with E-state index in [1.54, 1.807) is 0 Å². The number of hydrogen-bond donors (Lipinski definition) is 1. The lowest BCUT2D eigenvalue weighted by Crippen LogP contribution is -1.99. The summed E-state index contributed by atoms with van der Waals surface area (Å²) in [4.78, 5) is 10.4. The van der Waals surface area contributed by atoms with E-state index in [9.17, 15) is 4.79 Å². The van der Waals surface area contributed by atoms with Gasteiger partial charge in [-0.3, -0.25) is 9.48 Å². The Morgan fingerprint density at radius 2 is 1.73 bits per heavy atom. The Bertz CT molecular complexity index is 404. The van der Waals surface area contributed by atoms with E-state index in [4.69, 9.17) is 5.11 Å². The van der Waals surface area contributed by atoms with Gasteiger partial charge in [-0.1, -0.05) is 57.1 Å². The maximum Gasteiger partial charge on any atom is 0.303 e. The van der Waals surface area contributed by atoms with Crippen molar-refractivity contribution in [3.63, 3.8) is 0 Å². The van der Waals surface area contributed by atoms with E-state index in [0.29, 0.717) is 6.42 Å². The third kappa shape index (κ3) is 9.53. The van der Waals surface area contributed by atoms with Crippen LogP contribution in [0.25, 0.3) is 0 Å². The predicted molar refractivity (Wildman–Crippen MR) is 87.8 cm³/mol. The van der Waals surface area contributed by atoms with Crippen molar-refractivity contribution >= 4 is 5.97 Å². The van der Waals surface area contributed by atoms with E-state index < -0.39 is 5.97 Å². The molecule has 1 N–H and O–H groups in total. The first-order valence-electron chi connectivity index (χ1n) is 8.83. The zero-order chi connectivity index (χ0) is 16.0. The van der Waals surface area contributed by atoms with Crippen molar-refractivity contribution in [2.45, 2.75) is 90.5 Å². The van der Waals surface area contributed by atoms with E-state index in [1.165, 1.54) is 32.1 Å². The molecule has 0 saturated heterocycles. The summed E-state index contributed by atoms with van der Waals surface area (Å²) in [7, 11) is 0. The minimum atomic E-state index is -0.690. The molecule has 0 fully saturated rings. The standard InChI is InChI=1S/C17H31N3O2/c1-2-3-4-6-9-12-16-15-20(19-18-16)14-11-8-5-7-10-13-17(21)22/h15H,2-14H2,1H3,(H,21,22). The first-order valence-corrected chi connectivity index (χ1v) is 8.83. The summed E-state index contributed by atoms with van der Waals surface area (Å²) >= 11 is 0. The second-order valence-electron chi connectivity index (χ2n) is 6.05. The Kier molecular flexibility index (Phi) is 10.3. The van der Waals surface area contributed by atoms with Gasteiger partial charge in [-0.15, -0.1) is 5.10 Å². The maximum absolute atomic E-state index is 10.4. The number of aromatic nitrogens is 3. The SMILES string of the molecule is CCCCCCCc1cn(CCCCCCCC(=O)O)nn1. The summed E-state index contributed by atoms with van der Waals surface area (Å²) in [6.45, 7) is 3.15. The molecule has 0 saturated carbocycles. The van der Waals surface area contributed by atoms with Gasteiger partial charge in [-0.25, -0.2) is 0 Å². The summed E-state index contributed by atoms with van der Waals surface area (Å²) in [5.74, 6) is -0.690. The number of rotatable bonds is 14. The zero-order valence-corrected chi connectivity index (χ0v) is 14.0. The third-order valence-corrected chi connectivity index (χ3v) is 3.90. The van der Waals surface area contributed by atoms with Crippen LogP contribution in [0.3, 0.4) is 0 Å². The maximum atomic E-state index is 10.4. The summed E-state index contributed by atoms with van der Waals surface area (Å²) in [5, 5.41) is 17.0. The normalized spacial score (nSPS) is 11.0. The van der Waals surface area contributed by atoms with E-state index in [-0.39, 0.29) is 0 Å². The summed E-state index contributed by atoms with van der Waals surface area (Å²) < 4.78 is 1.94. The number of carbonyl (C=O) groups is 1. The number of hydrogen-bond acceptors (Lipinski definition) is 3. The van der Waals surface area contributed by atoms with E-state index in [0.717, 1.165) is 50.8 Å². The van der Waals surface area contributed by atoms with Gasteiger partial charge in [0.05, 0.1) is 5.69 Å². The van der Waals surface area contributed by atoms with Gasteiger partial charge in [0.2, 0.25) is 0 Å². The van der Waals surface area contributed by atoms with Crippen LogP contribution in [0, 0.1) is 0 Å².